The second kappa shape index (κ2) is 7.99. The third-order valence-electron chi connectivity index (χ3n) is 4.64. The number of amides is 1. The molecule has 0 aromatic carbocycles. The molecule has 1 aliphatic rings. The molecule has 0 unspecified atom stereocenters. The average molecular weight is 395 g/mol. The molecule has 28 heavy (non-hydrogen) atoms. The number of carbonyl (C=O) groups excluding carboxylic acids is 1. The Balaban J connectivity index is 1.53. The van der Waals surface area contributed by atoms with E-state index in [1.165, 1.54) is 0 Å². The monoisotopic (exact) mass is 395 g/mol. The number of nitrogens with one attached hydrogen (secondary N) is 1. The number of carbonyl (C=O) groups is 1. The van der Waals surface area contributed by atoms with Crippen LogP contribution in [0.3, 0.4) is 0 Å². The Bertz CT molecular complexity index is 952. The van der Waals surface area contributed by atoms with Gasteiger partial charge in [-0.05, 0) is 42.1 Å². The molecule has 0 spiro atoms. The number of piperidine rings is 1. The Kier molecular flexibility index (Phi) is 5.27. The molecular formula is C19H21N7OS. The van der Waals surface area contributed by atoms with Gasteiger partial charge in [-0.1, -0.05) is 6.92 Å². The van der Waals surface area contributed by atoms with Crippen LogP contribution in [0.2, 0.25) is 0 Å². The number of pyridine rings is 2. The first-order chi connectivity index (χ1) is 13.6. The number of nitrogens with zero attached hydrogens (tertiary/aromatic N) is 5. The van der Waals surface area contributed by atoms with Crippen molar-refractivity contribution in [3.8, 4) is 11.4 Å². The third kappa shape index (κ3) is 4.00. The zero-order valence-corrected chi connectivity index (χ0v) is 16.3. The summed E-state index contributed by atoms with van der Waals surface area (Å²) in [4.78, 5) is 27.4. The van der Waals surface area contributed by atoms with Crippen molar-refractivity contribution in [1.29, 1.82) is 0 Å². The highest BCUT2D eigenvalue weighted by molar-refractivity contribution is 7.08. The van der Waals surface area contributed by atoms with Gasteiger partial charge < -0.3 is 16.0 Å². The fourth-order valence-corrected chi connectivity index (χ4v) is 4.05. The van der Waals surface area contributed by atoms with Crippen molar-refractivity contribution in [3.05, 3.63) is 48.0 Å². The van der Waals surface area contributed by atoms with Gasteiger partial charge in [0.15, 0.2) is 5.82 Å². The Morgan fingerprint density at radius 2 is 2.00 bits per heavy atom. The molecule has 0 aliphatic carbocycles. The van der Waals surface area contributed by atoms with E-state index in [1.54, 1.807) is 24.8 Å². The van der Waals surface area contributed by atoms with Crippen molar-refractivity contribution in [1.82, 2.24) is 19.3 Å². The molecule has 3 aromatic heterocycles. The summed E-state index contributed by atoms with van der Waals surface area (Å²) in [5.41, 5.74) is 8.58. The highest BCUT2D eigenvalue weighted by Crippen LogP contribution is 2.29. The summed E-state index contributed by atoms with van der Waals surface area (Å²) in [6, 6.07) is 5.64. The first kappa shape index (κ1) is 18.5. The summed E-state index contributed by atoms with van der Waals surface area (Å²) in [6.07, 6.45) is 7.72. The Labute approximate surface area is 167 Å². The van der Waals surface area contributed by atoms with Crippen LogP contribution in [0, 0.1) is 5.92 Å². The van der Waals surface area contributed by atoms with Crippen LogP contribution in [0.5, 0.6) is 0 Å². The molecule has 3 aromatic rings. The molecule has 4 rings (SSSR count). The maximum atomic E-state index is 12.7. The second-order valence-electron chi connectivity index (χ2n) is 7.01. The van der Waals surface area contributed by atoms with E-state index in [1.807, 2.05) is 18.2 Å². The van der Waals surface area contributed by atoms with E-state index in [0.717, 1.165) is 42.3 Å². The van der Waals surface area contributed by atoms with Crippen LogP contribution >= 0.6 is 11.5 Å². The van der Waals surface area contributed by atoms with E-state index in [-0.39, 0.29) is 11.9 Å². The molecule has 0 radical (unpaired) electrons. The molecule has 1 fully saturated rings. The van der Waals surface area contributed by atoms with Crippen molar-refractivity contribution in [3.63, 3.8) is 0 Å². The van der Waals surface area contributed by atoms with E-state index < -0.39 is 0 Å². The minimum atomic E-state index is -0.304. The van der Waals surface area contributed by atoms with Gasteiger partial charge >= 0.3 is 0 Å². The van der Waals surface area contributed by atoms with Gasteiger partial charge in [0.1, 0.15) is 0 Å². The van der Waals surface area contributed by atoms with Crippen molar-refractivity contribution in [2.45, 2.75) is 19.4 Å². The van der Waals surface area contributed by atoms with E-state index in [2.05, 4.69) is 36.5 Å². The molecular weight excluding hydrogens is 374 g/mol. The Hall–Kier alpha value is -2.91. The predicted molar refractivity (Wildman–Crippen MR) is 109 cm³/mol. The highest BCUT2D eigenvalue weighted by atomic mass is 32.1. The lowest BCUT2D eigenvalue weighted by Crippen LogP contribution is -2.46. The number of hydrogen-bond donors (Lipinski definition) is 2. The summed E-state index contributed by atoms with van der Waals surface area (Å²) < 4.78 is 4.28. The van der Waals surface area contributed by atoms with Crippen LogP contribution in [-0.4, -0.2) is 44.4 Å². The lowest BCUT2D eigenvalue weighted by Gasteiger charge is -2.37. The maximum absolute atomic E-state index is 12.7. The Morgan fingerprint density at radius 1 is 1.21 bits per heavy atom. The zero-order valence-electron chi connectivity index (χ0n) is 15.4. The minimum Gasteiger partial charge on any atom is -0.368 e. The van der Waals surface area contributed by atoms with E-state index in [0.29, 0.717) is 22.4 Å². The van der Waals surface area contributed by atoms with Crippen LogP contribution in [0.15, 0.2) is 43.0 Å². The number of hydrogen-bond acceptors (Lipinski definition) is 8. The maximum Gasteiger partial charge on any atom is 0.286 e. The molecule has 0 saturated carbocycles. The van der Waals surface area contributed by atoms with Gasteiger partial charge in [0.25, 0.3) is 5.91 Å². The smallest absolute Gasteiger partial charge is 0.286 e. The van der Waals surface area contributed by atoms with Crippen molar-refractivity contribution in [2.75, 3.05) is 23.3 Å². The van der Waals surface area contributed by atoms with Gasteiger partial charge in [-0.15, -0.1) is 0 Å². The van der Waals surface area contributed by atoms with Crippen LogP contribution in [0.25, 0.3) is 11.4 Å². The molecule has 144 valence electrons. The zero-order chi connectivity index (χ0) is 19.5. The lowest BCUT2D eigenvalue weighted by atomic mass is 9.96. The number of rotatable bonds is 4. The van der Waals surface area contributed by atoms with Crippen LogP contribution in [0.4, 0.5) is 11.4 Å². The quantitative estimate of drug-likeness (QED) is 0.698. The lowest BCUT2D eigenvalue weighted by molar-refractivity contribution is 0.102. The summed E-state index contributed by atoms with van der Waals surface area (Å²) in [6.45, 7) is 3.83. The summed E-state index contributed by atoms with van der Waals surface area (Å²) in [5, 5.41) is 3.23. The van der Waals surface area contributed by atoms with Crippen LogP contribution < -0.4 is 16.0 Å². The third-order valence-corrected chi connectivity index (χ3v) is 5.35. The summed E-state index contributed by atoms with van der Waals surface area (Å²) >= 11 is 1.07. The summed E-state index contributed by atoms with van der Waals surface area (Å²) in [5.74, 6) is 0.702. The number of anilines is 2. The van der Waals surface area contributed by atoms with Crippen molar-refractivity contribution >= 4 is 28.8 Å². The van der Waals surface area contributed by atoms with E-state index in [9.17, 15) is 4.79 Å². The molecule has 1 saturated heterocycles. The predicted octanol–water partition coefficient (Wildman–Crippen LogP) is 2.42. The fraction of sp³-hybridized carbons (Fsp3) is 0.316. The molecule has 1 amide bonds. The standard InChI is InChI=1S/C19H21N7OS/c1-12-8-14(20)11-26(10-12)16-4-7-22-9-15(16)23-18(27)19-24-17(25-28-19)13-2-5-21-6-3-13/h2-7,9,12,14H,8,10-11,20H2,1H3,(H,23,27)/t12-,14+/m1/s1. The topological polar surface area (TPSA) is 110 Å². The molecule has 3 N–H and O–H groups in total. The van der Waals surface area contributed by atoms with Crippen molar-refractivity contribution < 1.29 is 4.79 Å². The minimum absolute atomic E-state index is 0.117. The molecule has 4 heterocycles. The number of nitrogens with two attached hydrogens (primary N) is 1. The second-order valence-corrected chi connectivity index (χ2v) is 7.76. The molecule has 8 nitrogen and oxygen atoms in total. The van der Waals surface area contributed by atoms with Gasteiger partial charge in [0.05, 0.1) is 17.6 Å². The molecule has 9 heteroatoms. The number of aromatic nitrogens is 4. The van der Waals surface area contributed by atoms with Gasteiger partial charge in [-0.2, -0.15) is 4.37 Å². The van der Waals surface area contributed by atoms with Crippen LogP contribution in [-0.2, 0) is 0 Å². The van der Waals surface area contributed by atoms with Gasteiger partial charge in [0, 0.05) is 43.3 Å². The first-order valence-electron chi connectivity index (χ1n) is 9.10. The molecule has 0 bridgehead atoms. The SMILES string of the molecule is C[C@@H]1C[C@H](N)CN(c2ccncc2NC(=O)c2nc(-c3ccncc3)ns2)C1. The average Bonchev–Trinajstić information content (AvgIpc) is 3.19. The molecule has 1 aliphatic heterocycles. The summed E-state index contributed by atoms with van der Waals surface area (Å²) in [7, 11) is 0. The van der Waals surface area contributed by atoms with Crippen molar-refractivity contribution in [2.24, 2.45) is 11.7 Å². The normalized spacial score (nSPS) is 19.4. The Morgan fingerprint density at radius 3 is 2.79 bits per heavy atom. The van der Waals surface area contributed by atoms with E-state index in [4.69, 9.17) is 5.73 Å². The van der Waals surface area contributed by atoms with E-state index >= 15 is 0 Å². The molecule has 2 atom stereocenters. The highest BCUT2D eigenvalue weighted by Gasteiger charge is 2.25. The first-order valence-corrected chi connectivity index (χ1v) is 9.87. The van der Waals surface area contributed by atoms with Gasteiger partial charge in [0.2, 0.25) is 5.01 Å². The fourth-order valence-electron chi connectivity index (χ4n) is 3.47. The van der Waals surface area contributed by atoms with Crippen LogP contribution in [0.1, 0.15) is 23.1 Å². The largest absolute Gasteiger partial charge is 0.368 e. The van der Waals surface area contributed by atoms with Gasteiger partial charge in [-0.3, -0.25) is 14.8 Å². The van der Waals surface area contributed by atoms with Gasteiger partial charge in [-0.25, -0.2) is 4.98 Å².